The van der Waals surface area contributed by atoms with E-state index in [0.717, 1.165) is 16.7 Å². The Balaban J connectivity index is 1.60. The number of nitrogens with one attached hydrogen (secondary N) is 2. The highest BCUT2D eigenvalue weighted by Crippen LogP contribution is 2.37. The fourth-order valence-electron chi connectivity index (χ4n) is 4.17. The number of amides is 1. The maximum Gasteiger partial charge on any atom is 0.255 e. The number of ether oxygens (including phenoxy) is 1. The van der Waals surface area contributed by atoms with Crippen molar-refractivity contribution >= 4 is 17.5 Å². The molecule has 0 aliphatic carbocycles. The van der Waals surface area contributed by atoms with Crippen molar-refractivity contribution in [3.05, 3.63) is 95.5 Å². The van der Waals surface area contributed by atoms with E-state index in [1.165, 1.54) is 0 Å². The minimum absolute atomic E-state index is 0.255. The van der Waals surface area contributed by atoms with Crippen LogP contribution >= 0.6 is 0 Å². The van der Waals surface area contributed by atoms with E-state index in [9.17, 15) is 4.79 Å². The zero-order chi connectivity index (χ0) is 23.7. The number of nitrogens with zero attached hydrogens (tertiary/aromatic N) is 4. The fourth-order valence-corrected chi connectivity index (χ4v) is 4.17. The van der Waals surface area contributed by atoms with E-state index >= 15 is 0 Å². The third-order valence-corrected chi connectivity index (χ3v) is 5.86. The normalized spacial score (nSPS) is 14.9. The molecule has 5 rings (SSSR count). The lowest BCUT2D eigenvalue weighted by Crippen LogP contribution is -2.31. The van der Waals surface area contributed by atoms with Crippen molar-refractivity contribution in [2.24, 2.45) is 0 Å². The molecule has 1 amide bonds. The van der Waals surface area contributed by atoms with Gasteiger partial charge in [-0.3, -0.25) is 9.78 Å². The monoisotopic (exact) mass is 452 g/mol. The molecule has 0 saturated carbocycles. The van der Waals surface area contributed by atoms with Gasteiger partial charge in [0.15, 0.2) is 5.82 Å². The van der Waals surface area contributed by atoms with Gasteiger partial charge in [0.25, 0.3) is 5.91 Å². The third kappa shape index (κ3) is 3.79. The number of benzene rings is 2. The Morgan fingerprint density at radius 3 is 2.53 bits per heavy atom. The van der Waals surface area contributed by atoms with Crippen LogP contribution in [0.15, 0.2) is 84.3 Å². The van der Waals surface area contributed by atoms with Crippen molar-refractivity contribution in [1.29, 1.82) is 0 Å². The first-order valence-corrected chi connectivity index (χ1v) is 10.9. The highest BCUT2D eigenvalue weighted by Gasteiger charge is 2.34. The Hall–Kier alpha value is -4.46. The van der Waals surface area contributed by atoms with Gasteiger partial charge in [-0.2, -0.15) is 4.98 Å². The van der Waals surface area contributed by atoms with Crippen LogP contribution in [-0.4, -0.2) is 32.8 Å². The van der Waals surface area contributed by atoms with Gasteiger partial charge in [-0.25, -0.2) is 4.68 Å². The minimum atomic E-state index is -0.487. The molecule has 34 heavy (non-hydrogen) atoms. The van der Waals surface area contributed by atoms with Crippen LogP contribution in [0, 0.1) is 6.92 Å². The molecule has 170 valence electrons. The first-order valence-electron chi connectivity index (χ1n) is 10.9. The van der Waals surface area contributed by atoms with E-state index in [2.05, 4.69) is 15.6 Å². The highest BCUT2D eigenvalue weighted by molar-refractivity contribution is 6.06. The topological polar surface area (TPSA) is 94.0 Å². The van der Waals surface area contributed by atoms with Crippen LogP contribution in [0.3, 0.4) is 0 Å². The van der Waals surface area contributed by atoms with E-state index in [1.54, 1.807) is 30.3 Å². The molecule has 8 nitrogen and oxygen atoms in total. The van der Waals surface area contributed by atoms with Gasteiger partial charge in [0, 0.05) is 23.7 Å². The summed E-state index contributed by atoms with van der Waals surface area (Å²) in [5.74, 6) is 1.50. The standard InChI is InChI=1S/C26H24N6O2/c1-16-8-4-5-9-19(16)24-30-26-28-17(2)22(23(32(26)31-24)18-12-14-27-15-13-18)25(33)29-20-10-6-7-11-21(20)34-3/h4-15,23H,1-3H3,(H,29,33)(H,28,30,31). The summed E-state index contributed by atoms with van der Waals surface area (Å²) in [5, 5.41) is 11.1. The van der Waals surface area contributed by atoms with E-state index in [-0.39, 0.29) is 5.91 Å². The first kappa shape index (κ1) is 21.4. The van der Waals surface area contributed by atoms with Gasteiger partial charge in [-0.15, -0.1) is 5.10 Å². The van der Waals surface area contributed by atoms with E-state index < -0.39 is 6.04 Å². The Morgan fingerprint density at radius 1 is 1.03 bits per heavy atom. The third-order valence-electron chi connectivity index (χ3n) is 5.86. The van der Waals surface area contributed by atoms with Crippen LogP contribution < -0.4 is 15.4 Å². The van der Waals surface area contributed by atoms with Gasteiger partial charge in [0.1, 0.15) is 11.8 Å². The van der Waals surface area contributed by atoms with E-state index in [1.807, 2.05) is 68.4 Å². The number of carbonyl (C=O) groups excluding carboxylic acids is 1. The number of methoxy groups -OCH3 is 1. The molecule has 0 saturated heterocycles. The van der Waals surface area contributed by atoms with E-state index in [0.29, 0.717) is 34.5 Å². The number of aromatic nitrogens is 4. The van der Waals surface area contributed by atoms with Crippen LogP contribution in [0.4, 0.5) is 11.6 Å². The molecule has 2 N–H and O–H groups in total. The fraction of sp³-hybridized carbons (Fsp3) is 0.154. The minimum Gasteiger partial charge on any atom is -0.495 e. The van der Waals surface area contributed by atoms with Crippen molar-refractivity contribution in [3.8, 4) is 17.1 Å². The zero-order valence-corrected chi connectivity index (χ0v) is 19.1. The molecule has 0 fully saturated rings. The average molecular weight is 453 g/mol. The molecule has 0 bridgehead atoms. The Labute approximate surface area is 197 Å². The van der Waals surface area contributed by atoms with Crippen LogP contribution in [0.5, 0.6) is 5.75 Å². The van der Waals surface area contributed by atoms with Crippen LogP contribution in [0.25, 0.3) is 11.4 Å². The maximum absolute atomic E-state index is 13.6. The summed E-state index contributed by atoms with van der Waals surface area (Å²) in [7, 11) is 1.58. The number of carbonyl (C=O) groups is 1. The lowest BCUT2D eigenvalue weighted by Gasteiger charge is -2.28. The van der Waals surface area contributed by atoms with Gasteiger partial charge in [-0.05, 0) is 49.2 Å². The number of pyridine rings is 1. The summed E-state index contributed by atoms with van der Waals surface area (Å²) in [6.07, 6.45) is 3.42. The van der Waals surface area contributed by atoms with Gasteiger partial charge in [0.05, 0.1) is 18.4 Å². The highest BCUT2D eigenvalue weighted by atomic mass is 16.5. The van der Waals surface area contributed by atoms with Crippen LogP contribution in [0.2, 0.25) is 0 Å². The molecule has 0 radical (unpaired) electrons. The zero-order valence-electron chi connectivity index (χ0n) is 19.1. The van der Waals surface area contributed by atoms with Crippen LogP contribution in [-0.2, 0) is 4.79 Å². The Kier molecular flexibility index (Phi) is 5.55. The second-order valence-corrected chi connectivity index (χ2v) is 8.02. The Morgan fingerprint density at radius 2 is 1.76 bits per heavy atom. The predicted octanol–water partition coefficient (Wildman–Crippen LogP) is 4.58. The second-order valence-electron chi connectivity index (χ2n) is 8.02. The average Bonchev–Trinajstić information content (AvgIpc) is 3.27. The van der Waals surface area contributed by atoms with Crippen molar-refractivity contribution in [2.45, 2.75) is 19.9 Å². The molecule has 1 atom stereocenters. The summed E-state index contributed by atoms with van der Waals surface area (Å²) >= 11 is 0. The number of para-hydroxylation sites is 2. The quantitative estimate of drug-likeness (QED) is 0.460. The molecule has 0 spiro atoms. The molecule has 1 aliphatic heterocycles. The van der Waals surface area contributed by atoms with E-state index in [4.69, 9.17) is 14.8 Å². The number of aryl methyl sites for hydroxylation is 1. The molecule has 4 aromatic rings. The number of hydrogen-bond donors (Lipinski definition) is 2. The molecule has 2 aromatic heterocycles. The van der Waals surface area contributed by atoms with Gasteiger partial charge in [0.2, 0.25) is 5.95 Å². The molecule has 1 unspecified atom stereocenters. The predicted molar refractivity (Wildman–Crippen MR) is 131 cm³/mol. The van der Waals surface area contributed by atoms with Gasteiger partial charge in [-0.1, -0.05) is 36.4 Å². The lowest BCUT2D eigenvalue weighted by atomic mass is 9.96. The maximum atomic E-state index is 13.6. The SMILES string of the molecule is COc1ccccc1NC(=O)C1=C(C)Nc2nc(-c3ccccc3C)nn2C1c1ccncc1. The number of anilines is 2. The number of rotatable bonds is 5. The molecular formula is C26H24N6O2. The lowest BCUT2D eigenvalue weighted by molar-refractivity contribution is -0.113. The molecule has 8 heteroatoms. The molecule has 3 heterocycles. The Bertz CT molecular complexity index is 1390. The van der Waals surface area contributed by atoms with Crippen molar-refractivity contribution in [1.82, 2.24) is 19.7 Å². The molecular weight excluding hydrogens is 428 g/mol. The van der Waals surface area contributed by atoms with Gasteiger partial charge < -0.3 is 15.4 Å². The number of hydrogen-bond acceptors (Lipinski definition) is 6. The molecule has 1 aliphatic rings. The van der Waals surface area contributed by atoms with Crippen LogP contribution in [0.1, 0.15) is 24.1 Å². The van der Waals surface area contributed by atoms with Gasteiger partial charge >= 0.3 is 0 Å². The first-order chi connectivity index (χ1) is 16.6. The van der Waals surface area contributed by atoms with Crippen molar-refractivity contribution in [2.75, 3.05) is 17.7 Å². The second kappa shape index (κ2) is 8.82. The number of fused-ring (bicyclic) bond motifs is 1. The summed E-state index contributed by atoms with van der Waals surface area (Å²) in [5.41, 5.74) is 4.72. The smallest absolute Gasteiger partial charge is 0.255 e. The summed E-state index contributed by atoms with van der Waals surface area (Å²) in [6, 6.07) is 18.6. The summed E-state index contributed by atoms with van der Waals surface area (Å²) in [4.78, 5) is 22.5. The van der Waals surface area contributed by atoms with Crippen molar-refractivity contribution < 1.29 is 9.53 Å². The number of allylic oxidation sites excluding steroid dienone is 1. The summed E-state index contributed by atoms with van der Waals surface area (Å²) < 4.78 is 7.17. The largest absolute Gasteiger partial charge is 0.495 e. The van der Waals surface area contributed by atoms with Crippen molar-refractivity contribution in [3.63, 3.8) is 0 Å². The summed E-state index contributed by atoms with van der Waals surface area (Å²) in [6.45, 7) is 3.90. The molecule has 2 aromatic carbocycles.